The van der Waals surface area contributed by atoms with Gasteiger partial charge in [-0.2, -0.15) is 4.98 Å². The monoisotopic (exact) mass is 341 g/mol. The fourth-order valence-corrected chi connectivity index (χ4v) is 2.76. The first-order valence-corrected chi connectivity index (χ1v) is 8.29. The quantitative estimate of drug-likeness (QED) is 0.682. The predicted molar refractivity (Wildman–Crippen MR) is 89.3 cm³/mol. The van der Waals surface area contributed by atoms with E-state index in [0.29, 0.717) is 37.2 Å². The van der Waals surface area contributed by atoms with Crippen LogP contribution in [0.25, 0.3) is 11.6 Å². The molecule has 3 aromatic rings. The minimum absolute atomic E-state index is 0.0395. The molecule has 1 aromatic carbocycles. The van der Waals surface area contributed by atoms with Crippen LogP contribution in [0.4, 0.5) is 0 Å². The van der Waals surface area contributed by atoms with E-state index in [-0.39, 0.29) is 6.10 Å². The first-order valence-electron chi connectivity index (χ1n) is 8.29. The van der Waals surface area contributed by atoms with E-state index in [9.17, 15) is 0 Å². The summed E-state index contributed by atoms with van der Waals surface area (Å²) in [5, 5.41) is 3.96. The van der Waals surface area contributed by atoms with E-state index in [1.165, 1.54) is 0 Å². The summed E-state index contributed by atoms with van der Waals surface area (Å²) in [5.74, 6) is 3.18. The van der Waals surface area contributed by atoms with E-state index < -0.39 is 0 Å². The van der Waals surface area contributed by atoms with Crippen LogP contribution in [0.15, 0.2) is 51.6 Å². The number of likely N-dealkylation sites (N-methyl/N-ethyl adjacent to an activating group) is 1. The molecule has 3 heterocycles. The highest BCUT2D eigenvalue weighted by molar-refractivity contribution is 5.44. The standard InChI is InChI=1S/C18H19N3O4/c1-2-21(10-13-12-23-14-6-3-4-7-15(14)24-13)11-17-19-18(20-25-17)16-8-5-9-22-16/h3-9,13H,2,10-12H2,1H3. The average molecular weight is 341 g/mol. The molecule has 7 heteroatoms. The summed E-state index contributed by atoms with van der Waals surface area (Å²) in [6.07, 6.45) is 1.55. The maximum Gasteiger partial charge on any atom is 0.241 e. The zero-order valence-electron chi connectivity index (χ0n) is 13.9. The number of benzene rings is 1. The second-order valence-electron chi connectivity index (χ2n) is 5.81. The molecule has 0 spiro atoms. The fourth-order valence-electron chi connectivity index (χ4n) is 2.76. The number of aromatic nitrogens is 2. The maximum absolute atomic E-state index is 6.02. The van der Waals surface area contributed by atoms with Crippen molar-refractivity contribution in [1.82, 2.24) is 15.0 Å². The summed E-state index contributed by atoms with van der Waals surface area (Å²) in [5.41, 5.74) is 0. The molecule has 1 atom stereocenters. The van der Waals surface area contributed by atoms with Crippen LogP contribution in [-0.4, -0.2) is 40.8 Å². The highest BCUT2D eigenvalue weighted by Crippen LogP contribution is 2.31. The molecule has 4 rings (SSSR count). The normalized spacial score (nSPS) is 16.3. The third kappa shape index (κ3) is 3.51. The Morgan fingerprint density at radius 3 is 2.84 bits per heavy atom. The molecule has 0 bridgehead atoms. The van der Waals surface area contributed by atoms with Gasteiger partial charge in [0.25, 0.3) is 0 Å². The molecule has 0 radical (unpaired) electrons. The molecular formula is C18H19N3O4. The predicted octanol–water partition coefficient (Wildman–Crippen LogP) is 2.99. The number of hydrogen-bond acceptors (Lipinski definition) is 7. The van der Waals surface area contributed by atoms with Crippen molar-refractivity contribution in [2.45, 2.75) is 19.6 Å². The van der Waals surface area contributed by atoms with Gasteiger partial charge in [-0.25, -0.2) is 0 Å². The van der Waals surface area contributed by atoms with Gasteiger partial charge >= 0.3 is 0 Å². The largest absolute Gasteiger partial charge is 0.486 e. The lowest BCUT2D eigenvalue weighted by Gasteiger charge is -2.30. The van der Waals surface area contributed by atoms with Gasteiger partial charge in [0.05, 0.1) is 12.8 Å². The molecule has 0 aliphatic carbocycles. The number of fused-ring (bicyclic) bond motifs is 1. The smallest absolute Gasteiger partial charge is 0.241 e. The van der Waals surface area contributed by atoms with E-state index in [2.05, 4.69) is 22.0 Å². The zero-order valence-corrected chi connectivity index (χ0v) is 13.9. The fraction of sp³-hybridized carbons (Fsp3) is 0.333. The van der Waals surface area contributed by atoms with Gasteiger partial charge in [-0.1, -0.05) is 24.2 Å². The summed E-state index contributed by atoms with van der Waals surface area (Å²) in [6, 6.07) is 11.3. The Hall–Kier alpha value is -2.80. The van der Waals surface area contributed by atoms with Gasteiger partial charge in [0.15, 0.2) is 17.3 Å². The number of furan rings is 1. The highest BCUT2D eigenvalue weighted by Gasteiger charge is 2.23. The molecule has 7 nitrogen and oxygen atoms in total. The second kappa shape index (κ2) is 6.98. The van der Waals surface area contributed by atoms with Crippen LogP contribution in [-0.2, 0) is 6.54 Å². The van der Waals surface area contributed by atoms with Crippen LogP contribution in [0, 0.1) is 0 Å². The van der Waals surface area contributed by atoms with Gasteiger partial charge in [0.2, 0.25) is 11.7 Å². The van der Waals surface area contributed by atoms with Gasteiger partial charge in [-0.15, -0.1) is 0 Å². The molecular weight excluding hydrogens is 322 g/mol. The number of nitrogens with zero attached hydrogens (tertiary/aromatic N) is 3. The zero-order chi connectivity index (χ0) is 17.1. The number of ether oxygens (including phenoxy) is 2. The minimum atomic E-state index is -0.0395. The second-order valence-corrected chi connectivity index (χ2v) is 5.81. The Labute approximate surface area is 145 Å². The molecule has 0 fully saturated rings. The van der Waals surface area contributed by atoms with Crippen LogP contribution in [0.1, 0.15) is 12.8 Å². The summed E-state index contributed by atoms with van der Waals surface area (Å²) in [7, 11) is 0. The molecule has 1 aliphatic heterocycles. The number of rotatable bonds is 6. The Balaban J connectivity index is 1.38. The van der Waals surface area contributed by atoms with E-state index in [4.69, 9.17) is 18.4 Å². The lowest BCUT2D eigenvalue weighted by atomic mass is 10.2. The lowest BCUT2D eigenvalue weighted by Crippen LogP contribution is -2.40. The molecule has 2 aromatic heterocycles. The van der Waals surface area contributed by atoms with Crippen molar-refractivity contribution in [2.75, 3.05) is 19.7 Å². The van der Waals surface area contributed by atoms with E-state index in [1.807, 2.05) is 24.3 Å². The summed E-state index contributed by atoms with van der Waals surface area (Å²) < 4.78 is 22.4. The first kappa shape index (κ1) is 15.7. The van der Waals surface area contributed by atoms with Crippen molar-refractivity contribution in [3.05, 3.63) is 48.6 Å². The van der Waals surface area contributed by atoms with Crippen molar-refractivity contribution < 1.29 is 18.4 Å². The van der Waals surface area contributed by atoms with Crippen LogP contribution in [0.2, 0.25) is 0 Å². The molecule has 1 unspecified atom stereocenters. The molecule has 0 saturated heterocycles. The van der Waals surface area contributed by atoms with Crippen molar-refractivity contribution in [2.24, 2.45) is 0 Å². The molecule has 0 saturated carbocycles. The van der Waals surface area contributed by atoms with Gasteiger partial charge in [-0.3, -0.25) is 4.90 Å². The Kier molecular flexibility index (Phi) is 4.39. The van der Waals surface area contributed by atoms with Crippen LogP contribution >= 0.6 is 0 Å². The van der Waals surface area contributed by atoms with Crippen molar-refractivity contribution in [1.29, 1.82) is 0 Å². The van der Waals surface area contributed by atoms with E-state index in [0.717, 1.165) is 18.0 Å². The minimum Gasteiger partial charge on any atom is -0.486 e. The number of para-hydroxylation sites is 2. The molecule has 25 heavy (non-hydrogen) atoms. The van der Waals surface area contributed by atoms with Gasteiger partial charge in [0, 0.05) is 6.54 Å². The molecule has 1 aliphatic rings. The van der Waals surface area contributed by atoms with Crippen molar-refractivity contribution in [3.63, 3.8) is 0 Å². The van der Waals surface area contributed by atoms with E-state index in [1.54, 1.807) is 18.4 Å². The Morgan fingerprint density at radius 1 is 1.16 bits per heavy atom. The summed E-state index contributed by atoms with van der Waals surface area (Å²) in [4.78, 5) is 6.57. The third-order valence-corrected chi connectivity index (χ3v) is 4.05. The molecule has 0 N–H and O–H groups in total. The first-order chi connectivity index (χ1) is 12.3. The summed E-state index contributed by atoms with van der Waals surface area (Å²) >= 11 is 0. The molecule has 130 valence electrons. The lowest BCUT2D eigenvalue weighted by molar-refractivity contribution is 0.0551. The highest BCUT2D eigenvalue weighted by atomic mass is 16.6. The van der Waals surface area contributed by atoms with Gasteiger partial charge in [0.1, 0.15) is 12.7 Å². The number of hydrogen-bond donors (Lipinski definition) is 0. The molecule has 0 amide bonds. The maximum atomic E-state index is 6.02. The van der Waals surface area contributed by atoms with Crippen LogP contribution in [0.3, 0.4) is 0 Å². The SMILES string of the molecule is CCN(Cc1nc(-c2ccco2)no1)CC1COc2ccccc2O1. The Bertz CT molecular complexity index is 815. The van der Waals surface area contributed by atoms with Gasteiger partial charge in [-0.05, 0) is 30.8 Å². The van der Waals surface area contributed by atoms with Crippen LogP contribution < -0.4 is 9.47 Å². The van der Waals surface area contributed by atoms with E-state index >= 15 is 0 Å². The average Bonchev–Trinajstić information content (AvgIpc) is 3.32. The van der Waals surface area contributed by atoms with Crippen molar-refractivity contribution >= 4 is 0 Å². The van der Waals surface area contributed by atoms with Crippen LogP contribution in [0.5, 0.6) is 11.5 Å². The Morgan fingerprint density at radius 2 is 2.04 bits per heavy atom. The van der Waals surface area contributed by atoms with Crippen molar-refractivity contribution in [3.8, 4) is 23.1 Å². The van der Waals surface area contributed by atoms with Gasteiger partial charge < -0.3 is 18.4 Å². The topological polar surface area (TPSA) is 73.8 Å². The third-order valence-electron chi connectivity index (χ3n) is 4.05. The summed E-state index contributed by atoms with van der Waals surface area (Å²) in [6.45, 7) is 4.70.